The molecule has 200 valence electrons. The molecule has 3 rings (SSSR count). The molecule has 5 N–H and O–H groups in total. The van der Waals surface area contributed by atoms with Crippen molar-refractivity contribution in [2.45, 2.75) is 37.8 Å². The van der Waals surface area contributed by atoms with Crippen molar-refractivity contribution in [3.8, 4) is 0 Å². The van der Waals surface area contributed by atoms with E-state index in [0.29, 0.717) is 18.5 Å². The molecule has 0 saturated heterocycles. The van der Waals surface area contributed by atoms with Gasteiger partial charge in [-0.05, 0) is 41.8 Å². The third-order valence-electron chi connectivity index (χ3n) is 5.85. The molecule has 0 aliphatic carbocycles. The van der Waals surface area contributed by atoms with Crippen LogP contribution in [0.2, 0.25) is 0 Å². The summed E-state index contributed by atoms with van der Waals surface area (Å²) in [6.45, 7) is 0.477. The number of nitrogens with one attached hydrogen (secondary N) is 3. The molecule has 0 heterocycles. The summed E-state index contributed by atoms with van der Waals surface area (Å²) >= 11 is 0. The molecule has 0 aromatic heterocycles. The number of carboxylic acids is 2. The van der Waals surface area contributed by atoms with Gasteiger partial charge < -0.3 is 26.2 Å². The molecule has 0 saturated carbocycles. The van der Waals surface area contributed by atoms with Gasteiger partial charge in [0.1, 0.15) is 12.1 Å². The average molecular weight is 542 g/mol. The van der Waals surface area contributed by atoms with E-state index in [4.69, 9.17) is 5.11 Å². The molecular formula is C29H32N3NaO6. The standard InChI is InChI=1S/C29H31N3O6.Na.H/c33-26(34)12-7-17-30-23-15-13-22(14-16-23)27(35)31-24(18-20-8-3-1-4-9-20)28(36)32-25(29(37)38)19-21-10-5-2-6-11-21;;/h1-6,8-11,13-16,24-25,30H,7,12,17-19H2,(H,31,35)(H,32,36)(H,33,34)(H,37,38);;/t24-,25-;;/m0../s1. The number of carbonyl (C=O) groups excluding carboxylic acids is 2. The first-order chi connectivity index (χ1) is 18.3. The second-order valence-electron chi connectivity index (χ2n) is 8.81. The Morgan fingerprint density at radius 3 is 1.74 bits per heavy atom. The van der Waals surface area contributed by atoms with Crippen molar-refractivity contribution >= 4 is 59.0 Å². The Morgan fingerprint density at radius 1 is 0.692 bits per heavy atom. The Hall–Kier alpha value is -3.66. The fourth-order valence-electron chi connectivity index (χ4n) is 3.83. The molecule has 9 nitrogen and oxygen atoms in total. The summed E-state index contributed by atoms with van der Waals surface area (Å²) in [4.78, 5) is 48.8. The van der Waals surface area contributed by atoms with Crippen LogP contribution in [0.4, 0.5) is 5.69 Å². The predicted octanol–water partition coefficient (Wildman–Crippen LogP) is 2.47. The molecule has 3 aromatic rings. The Morgan fingerprint density at radius 2 is 1.23 bits per heavy atom. The summed E-state index contributed by atoms with van der Waals surface area (Å²) in [5.74, 6) is -3.10. The molecule has 3 aromatic carbocycles. The van der Waals surface area contributed by atoms with Crippen LogP contribution >= 0.6 is 0 Å². The van der Waals surface area contributed by atoms with Gasteiger partial charge in [0.2, 0.25) is 5.91 Å². The van der Waals surface area contributed by atoms with Crippen molar-refractivity contribution in [3.05, 3.63) is 102 Å². The number of hydrogen-bond donors (Lipinski definition) is 5. The maximum atomic E-state index is 13.2. The number of amides is 2. The summed E-state index contributed by atoms with van der Waals surface area (Å²) in [7, 11) is 0. The molecule has 0 unspecified atom stereocenters. The minimum absolute atomic E-state index is 0. The molecule has 0 radical (unpaired) electrons. The molecule has 39 heavy (non-hydrogen) atoms. The van der Waals surface area contributed by atoms with Gasteiger partial charge >= 0.3 is 41.5 Å². The fourth-order valence-corrected chi connectivity index (χ4v) is 3.83. The van der Waals surface area contributed by atoms with Crippen molar-refractivity contribution in [1.82, 2.24) is 10.6 Å². The Bertz CT molecular complexity index is 1220. The third-order valence-corrected chi connectivity index (χ3v) is 5.85. The van der Waals surface area contributed by atoms with Gasteiger partial charge in [-0.1, -0.05) is 60.7 Å². The van der Waals surface area contributed by atoms with E-state index in [1.54, 1.807) is 48.5 Å². The first-order valence-corrected chi connectivity index (χ1v) is 12.3. The number of hydrogen-bond acceptors (Lipinski definition) is 5. The average Bonchev–Trinajstić information content (AvgIpc) is 2.91. The number of aliphatic carboxylic acids is 2. The summed E-state index contributed by atoms with van der Waals surface area (Å²) in [6.07, 6.45) is 0.816. The van der Waals surface area contributed by atoms with Gasteiger partial charge in [0.15, 0.2) is 0 Å². The van der Waals surface area contributed by atoms with E-state index < -0.39 is 35.8 Å². The second kappa shape index (κ2) is 16.3. The number of carbonyl (C=O) groups is 4. The Labute approximate surface area is 249 Å². The molecule has 0 aliphatic heterocycles. The van der Waals surface area contributed by atoms with Gasteiger partial charge in [0, 0.05) is 37.1 Å². The van der Waals surface area contributed by atoms with Crippen LogP contribution in [0.15, 0.2) is 84.9 Å². The molecule has 0 fully saturated rings. The van der Waals surface area contributed by atoms with Crippen LogP contribution in [0.5, 0.6) is 0 Å². The van der Waals surface area contributed by atoms with Crippen molar-refractivity contribution < 1.29 is 29.4 Å². The number of carboxylic acid groups (broad SMARTS) is 2. The van der Waals surface area contributed by atoms with Crippen LogP contribution in [0.1, 0.15) is 34.3 Å². The van der Waals surface area contributed by atoms with Crippen LogP contribution < -0.4 is 16.0 Å². The third kappa shape index (κ3) is 10.9. The van der Waals surface area contributed by atoms with Gasteiger partial charge in [-0.25, -0.2) is 4.79 Å². The summed E-state index contributed by atoms with van der Waals surface area (Å²) < 4.78 is 0. The van der Waals surface area contributed by atoms with E-state index in [9.17, 15) is 24.3 Å². The zero-order valence-electron chi connectivity index (χ0n) is 20.8. The predicted molar refractivity (Wildman–Crippen MR) is 150 cm³/mol. The fraction of sp³-hybridized carbons (Fsp3) is 0.241. The summed E-state index contributed by atoms with van der Waals surface area (Å²) in [5.41, 5.74) is 2.63. The zero-order valence-corrected chi connectivity index (χ0v) is 20.8. The molecule has 2 amide bonds. The number of rotatable bonds is 14. The number of benzene rings is 3. The maximum absolute atomic E-state index is 13.2. The Balaban J connectivity index is 0.00000533. The van der Waals surface area contributed by atoms with E-state index in [1.165, 1.54) is 0 Å². The number of anilines is 1. The van der Waals surface area contributed by atoms with E-state index in [1.807, 2.05) is 36.4 Å². The van der Waals surface area contributed by atoms with Gasteiger partial charge in [0.05, 0.1) is 0 Å². The van der Waals surface area contributed by atoms with E-state index in [-0.39, 0.29) is 48.8 Å². The second-order valence-corrected chi connectivity index (χ2v) is 8.81. The molecular weight excluding hydrogens is 509 g/mol. The van der Waals surface area contributed by atoms with Crippen LogP contribution in [0.3, 0.4) is 0 Å². The quantitative estimate of drug-likeness (QED) is 0.156. The van der Waals surface area contributed by atoms with Gasteiger partial charge in [-0.2, -0.15) is 0 Å². The van der Waals surface area contributed by atoms with Crippen LogP contribution in [0.25, 0.3) is 0 Å². The SMILES string of the molecule is O=C(O)CCCNc1ccc(C(=O)N[C@@H](Cc2ccccc2)C(=O)N[C@@H](Cc2ccccc2)C(=O)O)cc1.[NaH]. The van der Waals surface area contributed by atoms with Gasteiger partial charge in [0.25, 0.3) is 5.91 Å². The normalized spacial score (nSPS) is 11.8. The molecule has 0 spiro atoms. The van der Waals surface area contributed by atoms with E-state index in [0.717, 1.165) is 16.8 Å². The van der Waals surface area contributed by atoms with Crippen molar-refractivity contribution in [1.29, 1.82) is 0 Å². The van der Waals surface area contributed by atoms with Gasteiger partial charge in [-0.3, -0.25) is 14.4 Å². The van der Waals surface area contributed by atoms with Gasteiger partial charge in [-0.15, -0.1) is 0 Å². The molecule has 0 aliphatic rings. The topological polar surface area (TPSA) is 145 Å². The van der Waals surface area contributed by atoms with Crippen LogP contribution in [0, 0.1) is 0 Å². The minimum atomic E-state index is -1.17. The summed E-state index contributed by atoms with van der Waals surface area (Å²) in [6, 6.07) is 22.6. The van der Waals surface area contributed by atoms with Crippen molar-refractivity contribution in [3.63, 3.8) is 0 Å². The summed E-state index contributed by atoms with van der Waals surface area (Å²) in [5, 5.41) is 26.9. The van der Waals surface area contributed by atoms with Crippen molar-refractivity contribution in [2.24, 2.45) is 0 Å². The zero-order chi connectivity index (χ0) is 27.3. The molecule has 0 bridgehead atoms. The van der Waals surface area contributed by atoms with E-state index >= 15 is 0 Å². The first kappa shape index (κ1) is 31.6. The van der Waals surface area contributed by atoms with Crippen LogP contribution in [-0.4, -0.2) is 82.2 Å². The van der Waals surface area contributed by atoms with Crippen LogP contribution in [-0.2, 0) is 27.2 Å². The molecule has 2 atom stereocenters. The van der Waals surface area contributed by atoms with E-state index in [2.05, 4.69) is 16.0 Å². The first-order valence-electron chi connectivity index (χ1n) is 12.3. The molecule has 10 heteroatoms. The van der Waals surface area contributed by atoms with Crippen molar-refractivity contribution in [2.75, 3.05) is 11.9 Å². The Kier molecular flexibility index (Phi) is 13.2. The monoisotopic (exact) mass is 541 g/mol.